The summed E-state index contributed by atoms with van der Waals surface area (Å²) in [7, 11) is -6.58. The molecule has 0 spiro atoms. The molecule has 0 amide bonds. The molecule has 1 aliphatic rings. The van der Waals surface area contributed by atoms with Crippen LogP contribution >= 0.6 is 8.25 Å². The van der Waals surface area contributed by atoms with E-state index in [-0.39, 0.29) is 0 Å². The van der Waals surface area contributed by atoms with Crippen LogP contribution in [0.2, 0.25) is 0 Å². The van der Waals surface area contributed by atoms with Crippen LogP contribution in [0.3, 0.4) is 0 Å². The third-order valence-corrected chi connectivity index (χ3v) is 2.42. The topological polar surface area (TPSA) is 78.9 Å². The lowest BCUT2D eigenvalue weighted by molar-refractivity contribution is 0.0839. The Morgan fingerprint density at radius 2 is 2.11 bits per heavy atom. The molecule has 0 bridgehead atoms. The van der Waals surface area contributed by atoms with E-state index in [2.05, 4.69) is 12.7 Å². The molecular weight excluding hydrogens is 171 g/mol. The number of rotatable bonds is 0. The van der Waals surface area contributed by atoms with Gasteiger partial charge in [0.15, 0.2) is 0 Å². The average molecular weight is 173 g/mol. The highest BCUT2D eigenvalue weighted by Gasteiger charge is 2.38. The second-order valence-electron chi connectivity index (χ2n) is 1.07. The minimum atomic E-state index is -4.04. The van der Waals surface area contributed by atoms with E-state index >= 15 is 0 Å². The fraction of sp³-hybridized carbons (Fsp3) is 1.00. The van der Waals surface area contributed by atoms with Crippen molar-refractivity contribution in [2.24, 2.45) is 0 Å². The Bertz CT molecular complexity index is 215. The number of hydrogen-bond acceptors (Lipinski definition) is 6. The minimum absolute atomic E-state index is 0.544. The summed E-state index contributed by atoms with van der Waals surface area (Å²) in [6, 6.07) is 0. The Morgan fingerprint density at radius 3 is 2.44 bits per heavy atom. The van der Waals surface area contributed by atoms with Gasteiger partial charge in [-0.15, -0.1) is 0 Å². The lowest BCUT2D eigenvalue weighted by atomic mass is 11.6. The predicted octanol–water partition coefficient (Wildman–Crippen LogP) is -0.0905. The van der Waals surface area contributed by atoms with Crippen LogP contribution in [-0.2, 0) is 27.6 Å². The Balaban J connectivity index is 2.73. The minimum Gasteiger partial charge on any atom is -0.211 e. The summed E-state index contributed by atoms with van der Waals surface area (Å²) < 4.78 is 42.1. The van der Waals surface area contributed by atoms with Crippen LogP contribution in [-0.4, -0.2) is 15.2 Å². The largest absolute Gasteiger partial charge is 0.719 e. The summed E-state index contributed by atoms with van der Waals surface area (Å²) in [6.45, 7) is -0.544. The normalized spacial score (nSPS) is 30.0. The van der Waals surface area contributed by atoms with Gasteiger partial charge in [0.05, 0.1) is 0 Å². The van der Waals surface area contributed by atoms with E-state index in [1.807, 2.05) is 0 Å². The van der Waals surface area contributed by atoms with Gasteiger partial charge in [0.2, 0.25) is 6.79 Å². The summed E-state index contributed by atoms with van der Waals surface area (Å²) in [6.07, 6.45) is 0. The molecule has 0 N–H and O–H groups in total. The van der Waals surface area contributed by atoms with Gasteiger partial charge in [-0.1, -0.05) is 4.52 Å². The standard InChI is InChI=1S/CH2O6PS/c2-8-5-1-6-9(3,4)7-8/h1H2/q+1. The van der Waals surface area contributed by atoms with Gasteiger partial charge in [0, 0.05) is 8.54 Å². The fourth-order valence-electron chi connectivity index (χ4n) is 0.241. The molecule has 0 aliphatic carbocycles. The summed E-state index contributed by atoms with van der Waals surface area (Å²) in [5.41, 5.74) is 0. The molecule has 1 unspecified atom stereocenters. The van der Waals surface area contributed by atoms with Crippen molar-refractivity contribution in [3.63, 3.8) is 0 Å². The maximum Gasteiger partial charge on any atom is 0.719 e. The second-order valence-corrected chi connectivity index (χ2v) is 3.43. The van der Waals surface area contributed by atoms with Crippen molar-refractivity contribution >= 4 is 18.7 Å². The molecule has 6 nitrogen and oxygen atoms in total. The Labute approximate surface area is 52.0 Å². The average Bonchev–Trinajstić information content (AvgIpc) is 1.60. The van der Waals surface area contributed by atoms with E-state index in [1.165, 1.54) is 0 Å². The zero-order valence-electron chi connectivity index (χ0n) is 4.01. The van der Waals surface area contributed by atoms with Crippen molar-refractivity contribution in [2.75, 3.05) is 6.79 Å². The Morgan fingerprint density at radius 1 is 1.44 bits per heavy atom. The first-order chi connectivity index (χ1) is 4.10. The molecule has 8 heteroatoms. The molecule has 1 fully saturated rings. The monoisotopic (exact) mass is 173 g/mol. The lowest BCUT2D eigenvalue weighted by Crippen LogP contribution is -2.13. The molecular formula is CH2O6PS+. The van der Waals surface area contributed by atoms with Gasteiger partial charge >= 0.3 is 18.7 Å². The van der Waals surface area contributed by atoms with Crippen molar-refractivity contribution < 1.29 is 25.7 Å². The highest BCUT2D eigenvalue weighted by atomic mass is 32.3. The maximum atomic E-state index is 10.2. The lowest BCUT2D eigenvalue weighted by Gasteiger charge is -1.97. The molecule has 1 atom stereocenters. The molecule has 0 saturated carbocycles. The van der Waals surface area contributed by atoms with Gasteiger partial charge in [0.25, 0.3) is 0 Å². The van der Waals surface area contributed by atoms with E-state index in [4.69, 9.17) is 0 Å². The fourth-order valence-corrected chi connectivity index (χ4v) is 1.56. The predicted molar refractivity (Wildman–Crippen MR) is 24.6 cm³/mol. The van der Waals surface area contributed by atoms with E-state index in [0.717, 1.165) is 0 Å². The maximum absolute atomic E-state index is 10.2. The third-order valence-electron chi connectivity index (χ3n) is 0.503. The second kappa shape index (κ2) is 2.28. The van der Waals surface area contributed by atoms with Crippen LogP contribution in [0.5, 0.6) is 0 Å². The molecule has 1 rings (SSSR count). The molecule has 0 aromatic rings. The Kier molecular flexibility index (Phi) is 1.78. The zero-order chi connectivity index (χ0) is 6.91. The summed E-state index contributed by atoms with van der Waals surface area (Å²) in [4.78, 5) is 0. The molecule has 1 heterocycles. The van der Waals surface area contributed by atoms with Crippen LogP contribution in [0.1, 0.15) is 0 Å². The molecule has 0 aromatic carbocycles. The molecule has 1 saturated heterocycles. The van der Waals surface area contributed by atoms with Crippen molar-refractivity contribution in [1.82, 2.24) is 0 Å². The van der Waals surface area contributed by atoms with Crippen molar-refractivity contribution in [3.8, 4) is 0 Å². The number of hydrogen-bond donors (Lipinski definition) is 0. The van der Waals surface area contributed by atoms with Gasteiger partial charge in [-0.3, -0.25) is 0 Å². The van der Waals surface area contributed by atoms with Gasteiger partial charge in [-0.2, -0.15) is 8.42 Å². The summed E-state index contributed by atoms with van der Waals surface area (Å²) in [5.74, 6) is 0. The molecule has 0 aromatic heterocycles. The van der Waals surface area contributed by atoms with Gasteiger partial charge in [-0.05, 0) is 0 Å². The van der Waals surface area contributed by atoms with Crippen molar-refractivity contribution in [2.45, 2.75) is 0 Å². The first kappa shape index (κ1) is 7.04. The van der Waals surface area contributed by atoms with Crippen LogP contribution in [0.15, 0.2) is 0 Å². The quantitative estimate of drug-likeness (QED) is 0.476. The summed E-state index contributed by atoms with van der Waals surface area (Å²) >= 11 is 0. The van der Waals surface area contributed by atoms with Crippen molar-refractivity contribution in [1.29, 1.82) is 0 Å². The van der Waals surface area contributed by atoms with E-state index in [9.17, 15) is 13.0 Å². The van der Waals surface area contributed by atoms with E-state index in [0.29, 0.717) is 0 Å². The highest BCUT2D eigenvalue weighted by Crippen LogP contribution is 2.31. The van der Waals surface area contributed by atoms with Gasteiger partial charge < -0.3 is 0 Å². The van der Waals surface area contributed by atoms with Crippen LogP contribution < -0.4 is 0 Å². The first-order valence-electron chi connectivity index (χ1n) is 1.79. The van der Waals surface area contributed by atoms with Crippen LogP contribution in [0, 0.1) is 0 Å². The van der Waals surface area contributed by atoms with E-state index in [1.54, 1.807) is 0 Å². The van der Waals surface area contributed by atoms with Crippen LogP contribution in [0.4, 0.5) is 0 Å². The van der Waals surface area contributed by atoms with Crippen LogP contribution in [0.25, 0.3) is 0 Å². The molecule has 9 heavy (non-hydrogen) atoms. The van der Waals surface area contributed by atoms with Crippen molar-refractivity contribution in [3.05, 3.63) is 0 Å². The highest BCUT2D eigenvalue weighted by molar-refractivity contribution is 7.85. The molecule has 1 aliphatic heterocycles. The molecule has 0 radical (unpaired) electrons. The smallest absolute Gasteiger partial charge is 0.211 e. The first-order valence-corrected chi connectivity index (χ1v) is 4.22. The SMILES string of the molecule is O=[P+]1OCOS(=O)(=O)O1. The summed E-state index contributed by atoms with van der Waals surface area (Å²) in [5, 5.41) is 0. The van der Waals surface area contributed by atoms with Gasteiger partial charge in [0.1, 0.15) is 0 Å². The Hall–Kier alpha value is -0.0700. The van der Waals surface area contributed by atoms with E-state index < -0.39 is 25.4 Å². The molecule has 52 valence electrons. The zero-order valence-corrected chi connectivity index (χ0v) is 5.72. The van der Waals surface area contributed by atoms with Gasteiger partial charge in [-0.25, -0.2) is 4.18 Å². The third kappa shape index (κ3) is 1.96.